The van der Waals surface area contributed by atoms with E-state index >= 15 is 0 Å². The van der Waals surface area contributed by atoms with Crippen LogP contribution in [0.5, 0.6) is 0 Å². The second-order valence-electron chi connectivity index (χ2n) is 6.78. The van der Waals surface area contributed by atoms with Gasteiger partial charge in [0, 0.05) is 31.5 Å². The van der Waals surface area contributed by atoms with Gasteiger partial charge in [-0.3, -0.25) is 4.98 Å². The van der Waals surface area contributed by atoms with Crippen molar-refractivity contribution < 1.29 is 31.2 Å². The highest BCUT2D eigenvalue weighted by molar-refractivity contribution is 7.91. The Balaban J connectivity index is 1.78. The molecule has 0 atom stereocenters. The molecule has 0 aliphatic carbocycles. The fourth-order valence-corrected chi connectivity index (χ4v) is 3.91. The molecule has 164 valence electrons. The molecule has 1 aliphatic rings. The summed E-state index contributed by atoms with van der Waals surface area (Å²) in [5.74, 6) is -1.03. The molecule has 0 aromatic carbocycles. The van der Waals surface area contributed by atoms with Crippen molar-refractivity contribution in [2.24, 2.45) is 0 Å². The second-order valence-corrected chi connectivity index (χ2v) is 9.03. The predicted molar refractivity (Wildman–Crippen MR) is 101 cm³/mol. The molecule has 1 saturated heterocycles. The summed E-state index contributed by atoms with van der Waals surface area (Å²) in [6.07, 6.45) is -1.39. The molecule has 9 nitrogen and oxygen atoms in total. The number of pyridine rings is 1. The molecular weight excluding hydrogens is 439 g/mol. The normalized spacial score (nSPS) is 15.1. The van der Waals surface area contributed by atoms with E-state index in [0.29, 0.717) is 13.1 Å². The first-order valence-electron chi connectivity index (χ1n) is 9.22. The maximum absolute atomic E-state index is 12.9. The van der Waals surface area contributed by atoms with Gasteiger partial charge in [0.05, 0.1) is 21.9 Å². The molecule has 31 heavy (non-hydrogen) atoms. The number of carbonyl (C=O) groups excluding carboxylic acids is 1. The number of alkyl halides is 3. The average molecular weight is 455 g/mol. The van der Waals surface area contributed by atoms with Gasteiger partial charge in [0.15, 0.2) is 21.2 Å². The minimum atomic E-state index is -4.65. The maximum Gasteiger partial charge on any atom is 0.435 e. The van der Waals surface area contributed by atoms with Gasteiger partial charge in [-0.1, -0.05) is 6.92 Å². The maximum atomic E-state index is 12.9. The highest BCUT2D eigenvalue weighted by atomic mass is 32.2. The van der Waals surface area contributed by atoms with Crippen LogP contribution in [0.25, 0.3) is 17.0 Å². The van der Waals surface area contributed by atoms with Gasteiger partial charge < -0.3 is 4.84 Å². The van der Waals surface area contributed by atoms with Crippen molar-refractivity contribution >= 4 is 21.5 Å². The van der Waals surface area contributed by atoms with Crippen LogP contribution in [0.3, 0.4) is 0 Å². The molecule has 13 heteroatoms. The van der Waals surface area contributed by atoms with Crippen LogP contribution in [0, 0.1) is 0 Å². The van der Waals surface area contributed by atoms with Gasteiger partial charge in [-0.15, -0.1) is 5.06 Å². The van der Waals surface area contributed by atoms with E-state index in [1.165, 1.54) is 24.3 Å². The number of hydrogen-bond donors (Lipinski definition) is 0. The molecule has 3 aromatic rings. The third-order valence-corrected chi connectivity index (χ3v) is 6.43. The van der Waals surface area contributed by atoms with Crippen LogP contribution < -0.4 is 0 Å². The van der Waals surface area contributed by atoms with E-state index < -0.39 is 27.7 Å². The Morgan fingerprint density at radius 2 is 2.00 bits per heavy atom. The zero-order valence-corrected chi connectivity index (χ0v) is 16.9. The molecule has 0 bridgehead atoms. The first-order valence-corrected chi connectivity index (χ1v) is 10.9. The van der Waals surface area contributed by atoms with Gasteiger partial charge in [-0.2, -0.15) is 18.3 Å². The van der Waals surface area contributed by atoms with Crippen molar-refractivity contribution in [1.29, 1.82) is 0 Å². The summed E-state index contributed by atoms with van der Waals surface area (Å²) < 4.78 is 65.0. The van der Waals surface area contributed by atoms with Crippen molar-refractivity contribution in [3.63, 3.8) is 0 Å². The first kappa shape index (κ1) is 21.2. The quantitative estimate of drug-likeness (QED) is 0.577. The zero-order valence-electron chi connectivity index (χ0n) is 16.1. The van der Waals surface area contributed by atoms with Crippen LogP contribution in [-0.2, 0) is 20.9 Å². The number of rotatable bonds is 5. The lowest BCUT2D eigenvalue weighted by Gasteiger charge is -2.28. The summed E-state index contributed by atoms with van der Waals surface area (Å²) >= 11 is 0. The van der Waals surface area contributed by atoms with Crippen LogP contribution in [0.1, 0.15) is 29.4 Å². The molecule has 4 heterocycles. The van der Waals surface area contributed by atoms with Crippen LogP contribution in [0.15, 0.2) is 35.5 Å². The van der Waals surface area contributed by atoms with E-state index in [4.69, 9.17) is 4.84 Å². The van der Waals surface area contributed by atoms with Gasteiger partial charge in [0.1, 0.15) is 5.69 Å². The van der Waals surface area contributed by atoms with Gasteiger partial charge in [0.2, 0.25) is 0 Å². The SMILES string of the molecule is CCS(=O)(=O)c1cc(C(=O)ON2CCC2)cnc1-c1ccn2nc(C(F)(F)F)cc2n1. The summed E-state index contributed by atoms with van der Waals surface area (Å²) in [7, 11) is -3.85. The first-order chi connectivity index (χ1) is 14.6. The molecule has 0 N–H and O–H groups in total. The minimum absolute atomic E-state index is 0.0239. The number of nitrogens with zero attached hydrogens (tertiary/aromatic N) is 5. The number of hydrogen-bond acceptors (Lipinski definition) is 8. The van der Waals surface area contributed by atoms with E-state index in [1.54, 1.807) is 0 Å². The van der Waals surface area contributed by atoms with Crippen LogP contribution >= 0.6 is 0 Å². The smallest absolute Gasteiger partial charge is 0.364 e. The van der Waals surface area contributed by atoms with Gasteiger partial charge in [0.25, 0.3) is 0 Å². The number of carbonyl (C=O) groups is 1. The number of sulfone groups is 1. The summed E-state index contributed by atoms with van der Waals surface area (Å²) in [6.45, 7) is 2.60. The topological polar surface area (TPSA) is 107 Å². The van der Waals surface area contributed by atoms with Crippen LogP contribution in [0.2, 0.25) is 0 Å². The van der Waals surface area contributed by atoms with Crippen molar-refractivity contribution in [2.75, 3.05) is 18.8 Å². The summed E-state index contributed by atoms with van der Waals surface area (Å²) in [6, 6.07) is 3.19. The molecule has 1 fully saturated rings. The Bertz CT molecular complexity index is 1270. The van der Waals surface area contributed by atoms with E-state index in [2.05, 4.69) is 15.1 Å². The lowest BCUT2D eigenvalue weighted by molar-refractivity contribution is -0.147. The Labute approximate surface area is 174 Å². The zero-order chi connectivity index (χ0) is 22.4. The van der Waals surface area contributed by atoms with E-state index in [9.17, 15) is 26.4 Å². The monoisotopic (exact) mass is 455 g/mol. The number of aromatic nitrogens is 4. The van der Waals surface area contributed by atoms with E-state index in [1.807, 2.05) is 0 Å². The van der Waals surface area contributed by atoms with Gasteiger partial charge in [-0.05, 0) is 18.6 Å². The Morgan fingerprint density at radius 1 is 1.26 bits per heavy atom. The lowest BCUT2D eigenvalue weighted by atomic mass is 10.2. The second kappa shape index (κ2) is 7.57. The average Bonchev–Trinajstić information content (AvgIpc) is 3.14. The van der Waals surface area contributed by atoms with Crippen LogP contribution in [-0.4, -0.2) is 57.9 Å². The molecular formula is C18H16F3N5O4S. The Morgan fingerprint density at radius 3 is 2.61 bits per heavy atom. The summed E-state index contributed by atoms with van der Waals surface area (Å²) in [5.41, 5.74) is -1.38. The van der Waals surface area contributed by atoms with Crippen molar-refractivity contribution in [3.05, 3.63) is 41.9 Å². The third kappa shape index (κ3) is 4.10. The number of fused-ring (bicyclic) bond motifs is 1. The molecule has 0 unspecified atom stereocenters. The third-order valence-electron chi connectivity index (χ3n) is 4.69. The molecule has 3 aromatic heterocycles. The van der Waals surface area contributed by atoms with E-state index in [0.717, 1.165) is 29.3 Å². The largest absolute Gasteiger partial charge is 0.435 e. The van der Waals surface area contributed by atoms with Gasteiger partial charge in [-0.25, -0.2) is 22.7 Å². The molecule has 0 radical (unpaired) electrons. The molecule has 1 aliphatic heterocycles. The number of hydroxylamine groups is 2. The Kier molecular flexibility index (Phi) is 5.17. The number of halogens is 3. The van der Waals surface area contributed by atoms with E-state index in [-0.39, 0.29) is 33.2 Å². The van der Waals surface area contributed by atoms with Gasteiger partial charge >= 0.3 is 12.1 Å². The fourth-order valence-electron chi connectivity index (χ4n) is 2.84. The highest BCUT2D eigenvalue weighted by Gasteiger charge is 2.34. The van der Waals surface area contributed by atoms with Crippen molar-refractivity contribution in [2.45, 2.75) is 24.4 Å². The van der Waals surface area contributed by atoms with Crippen molar-refractivity contribution in [1.82, 2.24) is 24.6 Å². The predicted octanol–water partition coefficient (Wildman–Crippen LogP) is 2.38. The Hall–Kier alpha value is -3.06. The fraction of sp³-hybridized carbons (Fsp3) is 0.333. The molecule has 0 saturated carbocycles. The lowest BCUT2D eigenvalue weighted by Crippen LogP contribution is -2.38. The van der Waals surface area contributed by atoms with Crippen molar-refractivity contribution in [3.8, 4) is 11.4 Å². The standard InChI is InChI=1S/C18H16F3N5O4S/c1-2-31(28,29)13-8-11(17(27)30-25-5-3-6-25)10-22-16(13)12-4-7-26-15(23-12)9-14(24-26)18(19,20)21/h4,7-10H,2-3,5-6H2,1H3. The molecule has 4 rings (SSSR count). The molecule has 0 spiro atoms. The summed E-state index contributed by atoms with van der Waals surface area (Å²) in [5, 5.41) is 4.85. The minimum Gasteiger partial charge on any atom is -0.364 e. The molecule has 0 amide bonds. The summed E-state index contributed by atoms with van der Waals surface area (Å²) in [4.78, 5) is 25.3. The highest BCUT2D eigenvalue weighted by Crippen LogP contribution is 2.30. The van der Waals surface area contributed by atoms with Crippen LogP contribution in [0.4, 0.5) is 13.2 Å².